The predicted octanol–water partition coefficient (Wildman–Crippen LogP) is 0.643. The molecule has 0 aliphatic carbocycles. The molecule has 0 amide bonds. The maximum Gasteiger partial charge on any atom is 0.0673 e. The van der Waals surface area contributed by atoms with Gasteiger partial charge in [0.15, 0.2) is 0 Å². The topological polar surface area (TPSA) is 33.7 Å². The second-order valence-corrected chi connectivity index (χ2v) is 4.86. The van der Waals surface area contributed by atoms with Crippen molar-refractivity contribution in [2.24, 2.45) is 0 Å². The molecule has 2 heterocycles. The molecule has 0 aromatic rings. The molecule has 2 aliphatic heterocycles. The van der Waals surface area contributed by atoms with E-state index in [9.17, 15) is 0 Å². The zero-order valence-electron chi connectivity index (χ0n) is 10.8. The summed E-state index contributed by atoms with van der Waals surface area (Å²) in [5, 5.41) is 3.50. The van der Waals surface area contributed by atoms with Gasteiger partial charge < -0.3 is 14.8 Å². The fraction of sp³-hybridized carbons (Fsp3) is 0.846. The van der Waals surface area contributed by atoms with E-state index in [1.165, 1.54) is 18.5 Å². The number of methoxy groups -OCH3 is 1. The Kier molecular flexibility index (Phi) is 5.45. The van der Waals surface area contributed by atoms with Gasteiger partial charge in [-0.1, -0.05) is 6.08 Å². The summed E-state index contributed by atoms with van der Waals surface area (Å²) >= 11 is 0. The van der Waals surface area contributed by atoms with Gasteiger partial charge in [0.2, 0.25) is 0 Å². The monoisotopic (exact) mass is 240 g/mol. The first-order valence-corrected chi connectivity index (χ1v) is 6.59. The van der Waals surface area contributed by atoms with Crippen LogP contribution in [-0.2, 0) is 9.47 Å². The highest BCUT2D eigenvalue weighted by Crippen LogP contribution is 2.11. The first kappa shape index (κ1) is 13.0. The van der Waals surface area contributed by atoms with Gasteiger partial charge in [-0.25, -0.2) is 0 Å². The van der Waals surface area contributed by atoms with Crippen molar-refractivity contribution in [2.75, 3.05) is 53.1 Å². The van der Waals surface area contributed by atoms with Gasteiger partial charge in [0.05, 0.1) is 19.8 Å². The summed E-state index contributed by atoms with van der Waals surface area (Å²) in [6.07, 6.45) is 4.66. The summed E-state index contributed by atoms with van der Waals surface area (Å²) in [4.78, 5) is 2.51. The maximum absolute atomic E-state index is 5.46. The van der Waals surface area contributed by atoms with Crippen molar-refractivity contribution in [2.45, 2.75) is 18.9 Å². The van der Waals surface area contributed by atoms with Crippen LogP contribution in [0.4, 0.5) is 0 Å². The molecule has 2 rings (SSSR count). The highest BCUT2D eigenvalue weighted by atomic mass is 16.5. The minimum absolute atomic E-state index is 0.549. The van der Waals surface area contributed by atoms with Crippen molar-refractivity contribution in [1.29, 1.82) is 0 Å². The molecule has 0 aromatic carbocycles. The molecule has 1 atom stereocenters. The molecule has 4 nitrogen and oxygen atoms in total. The fourth-order valence-electron chi connectivity index (χ4n) is 2.42. The van der Waals surface area contributed by atoms with Crippen molar-refractivity contribution in [3.63, 3.8) is 0 Å². The standard InChI is InChI=1S/C13H24N2O2/c1-16-10-12-2-6-15(7-3-12)8-4-13-11-17-9-5-14-13/h2,13-14H,3-11H2,1H3. The van der Waals surface area contributed by atoms with E-state index < -0.39 is 0 Å². The van der Waals surface area contributed by atoms with E-state index in [2.05, 4.69) is 16.3 Å². The van der Waals surface area contributed by atoms with Gasteiger partial charge in [-0.2, -0.15) is 0 Å². The van der Waals surface area contributed by atoms with Crippen LogP contribution in [-0.4, -0.2) is 64.1 Å². The summed E-state index contributed by atoms with van der Waals surface area (Å²) in [6.45, 7) is 6.95. The minimum Gasteiger partial charge on any atom is -0.380 e. The molecule has 1 fully saturated rings. The third kappa shape index (κ3) is 4.39. The number of ether oxygens (including phenoxy) is 2. The summed E-state index contributed by atoms with van der Waals surface area (Å²) in [5.41, 5.74) is 1.45. The Balaban J connectivity index is 1.64. The average Bonchev–Trinajstić information content (AvgIpc) is 2.40. The van der Waals surface area contributed by atoms with Crippen LogP contribution in [0.15, 0.2) is 11.6 Å². The lowest BCUT2D eigenvalue weighted by molar-refractivity contribution is 0.0702. The molecule has 1 saturated heterocycles. The molecule has 0 bridgehead atoms. The van der Waals surface area contributed by atoms with Crippen LogP contribution < -0.4 is 5.32 Å². The van der Waals surface area contributed by atoms with E-state index in [-0.39, 0.29) is 0 Å². The lowest BCUT2D eigenvalue weighted by atomic mass is 10.1. The second-order valence-electron chi connectivity index (χ2n) is 4.86. The van der Waals surface area contributed by atoms with Gasteiger partial charge in [-0.05, 0) is 18.4 Å². The van der Waals surface area contributed by atoms with Crippen LogP contribution in [0.5, 0.6) is 0 Å². The highest BCUT2D eigenvalue weighted by molar-refractivity contribution is 5.07. The first-order valence-electron chi connectivity index (χ1n) is 6.59. The lowest BCUT2D eigenvalue weighted by Crippen LogP contribution is -2.43. The van der Waals surface area contributed by atoms with Crippen molar-refractivity contribution >= 4 is 0 Å². The van der Waals surface area contributed by atoms with Gasteiger partial charge in [0.1, 0.15) is 0 Å². The van der Waals surface area contributed by atoms with Gasteiger partial charge >= 0.3 is 0 Å². The number of nitrogens with one attached hydrogen (secondary N) is 1. The number of morpholine rings is 1. The van der Waals surface area contributed by atoms with Crippen LogP contribution in [0.3, 0.4) is 0 Å². The second kappa shape index (κ2) is 7.11. The molecule has 0 spiro atoms. The van der Waals surface area contributed by atoms with E-state index in [1.807, 2.05) is 0 Å². The first-order chi connectivity index (χ1) is 8.38. The van der Waals surface area contributed by atoms with Gasteiger partial charge in [0.25, 0.3) is 0 Å². The molecular weight excluding hydrogens is 216 g/mol. The molecule has 1 N–H and O–H groups in total. The molecular formula is C13H24N2O2. The zero-order valence-corrected chi connectivity index (χ0v) is 10.8. The zero-order chi connectivity index (χ0) is 11.9. The molecule has 0 aromatic heterocycles. The van der Waals surface area contributed by atoms with E-state index in [0.29, 0.717) is 6.04 Å². The Morgan fingerprint density at radius 3 is 3.18 bits per heavy atom. The van der Waals surface area contributed by atoms with Crippen molar-refractivity contribution < 1.29 is 9.47 Å². The molecule has 4 heteroatoms. The normalized spacial score (nSPS) is 26.9. The molecule has 17 heavy (non-hydrogen) atoms. The highest BCUT2D eigenvalue weighted by Gasteiger charge is 2.16. The van der Waals surface area contributed by atoms with Crippen LogP contribution >= 0.6 is 0 Å². The van der Waals surface area contributed by atoms with Crippen LogP contribution in [0.25, 0.3) is 0 Å². The number of rotatable bonds is 5. The molecule has 98 valence electrons. The maximum atomic E-state index is 5.46. The summed E-state index contributed by atoms with van der Waals surface area (Å²) in [6, 6.07) is 0.549. The Bertz CT molecular complexity index is 250. The Morgan fingerprint density at radius 1 is 1.59 bits per heavy atom. The smallest absolute Gasteiger partial charge is 0.0673 e. The van der Waals surface area contributed by atoms with Crippen molar-refractivity contribution in [3.8, 4) is 0 Å². The van der Waals surface area contributed by atoms with Gasteiger partial charge in [-0.15, -0.1) is 0 Å². The number of nitrogens with zero attached hydrogens (tertiary/aromatic N) is 1. The van der Waals surface area contributed by atoms with Gasteiger partial charge in [-0.3, -0.25) is 4.90 Å². The van der Waals surface area contributed by atoms with E-state index in [1.54, 1.807) is 7.11 Å². The van der Waals surface area contributed by atoms with Gasteiger partial charge in [0, 0.05) is 39.3 Å². The molecule has 0 radical (unpaired) electrons. The van der Waals surface area contributed by atoms with E-state index in [0.717, 1.165) is 45.9 Å². The summed E-state index contributed by atoms with van der Waals surface area (Å²) in [7, 11) is 1.77. The Hall–Kier alpha value is -0.420. The summed E-state index contributed by atoms with van der Waals surface area (Å²) < 4.78 is 10.6. The third-order valence-electron chi connectivity index (χ3n) is 3.51. The number of hydrogen-bond acceptors (Lipinski definition) is 4. The largest absolute Gasteiger partial charge is 0.380 e. The number of hydrogen-bond donors (Lipinski definition) is 1. The fourth-order valence-corrected chi connectivity index (χ4v) is 2.42. The van der Waals surface area contributed by atoms with Crippen LogP contribution in [0.1, 0.15) is 12.8 Å². The van der Waals surface area contributed by atoms with Crippen LogP contribution in [0, 0.1) is 0 Å². The summed E-state index contributed by atoms with van der Waals surface area (Å²) in [5.74, 6) is 0. The van der Waals surface area contributed by atoms with E-state index >= 15 is 0 Å². The SMILES string of the molecule is COCC1=CCN(CCC2COCCN2)CC1. The van der Waals surface area contributed by atoms with E-state index in [4.69, 9.17) is 9.47 Å². The lowest BCUT2D eigenvalue weighted by Gasteiger charge is -2.29. The van der Waals surface area contributed by atoms with Crippen molar-refractivity contribution in [3.05, 3.63) is 11.6 Å². The molecule has 0 saturated carbocycles. The van der Waals surface area contributed by atoms with Crippen LogP contribution in [0.2, 0.25) is 0 Å². The molecule has 2 aliphatic rings. The quantitative estimate of drug-likeness (QED) is 0.715. The molecule has 1 unspecified atom stereocenters. The average molecular weight is 240 g/mol. The predicted molar refractivity (Wildman–Crippen MR) is 68.2 cm³/mol. The Labute approximate surface area is 104 Å². The third-order valence-corrected chi connectivity index (χ3v) is 3.51. The Morgan fingerprint density at radius 2 is 2.53 bits per heavy atom. The van der Waals surface area contributed by atoms with Crippen molar-refractivity contribution in [1.82, 2.24) is 10.2 Å². The minimum atomic E-state index is 0.549.